The predicted molar refractivity (Wildman–Crippen MR) is 116 cm³/mol. The Bertz CT molecular complexity index is 962. The van der Waals surface area contributed by atoms with Crippen LogP contribution in [-0.4, -0.2) is 79.5 Å². The Labute approximate surface area is 176 Å². The molecule has 2 fully saturated rings. The molecule has 0 aromatic carbocycles. The number of aromatic nitrogens is 2. The van der Waals surface area contributed by atoms with Gasteiger partial charge in [0.05, 0.1) is 18.6 Å². The van der Waals surface area contributed by atoms with Crippen molar-refractivity contribution < 1.29 is 13.2 Å². The molecule has 4 heterocycles. The number of piperazine rings is 1. The fourth-order valence-electron chi connectivity index (χ4n) is 3.97. The molecule has 8 nitrogen and oxygen atoms in total. The number of thiophene rings is 1. The highest BCUT2D eigenvalue weighted by Gasteiger charge is 2.34. The highest BCUT2D eigenvalue weighted by molar-refractivity contribution is 7.86. The fraction of sp³-hybridized carbons (Fsp3) is 0.684. The van der Waals surface area contributed by atoms with Crippen LogP contribution in [0.2, 0.25) is 0 Å². The zero-order valence-corrected chi connectivity index (χ0v) is 18.9. The molecule has 10 heteroatoms. The molecule has 160 valence electrons. The molecule has 0 radical (unpaired) electrons. The zero-order chi connectivity index (χ0) is 20.6. The van der Waals surface area contributed by atoms with Crippen molar-refractivity contribution in [3.63, 3.8) is 0 Å². The van der Waals surface area contributed by atoms with E-state index in [1.54, 1.807) is 19.9 Å². The maximum atomic E-state index is 12.9. The summed E-state index contributed by atoms with van der Waals surface area (Å²) in [5.41, 5.74) is 1.29. The molecule has 4 rings (SSSR count). The minimum atomic E-state index is -3.43. The molecule has 0 bridgehead atoms. The van der Waals surface area contributed by atoms with E-state index in [2.05, 4.69) is 29.1 Å². The van der Waals surface area contributed by atoms with Crippen molar-refractivity contribution >= 4 is 37.6 Å². The molecule has 0 saturated carbocycles. The van der Waals surface area contributed by atoms with Crippen LogP contribution in [0.25, 0.3) is 10.2 Å². The van der Waals surface area contributed by atoms with Crippen molar-refractivity contribution in [2.45, 2.75) is 27.2 Å². The Balaban J connectivity index is 1.55. The number of rotatable bonds is 5. The van der Waals surface area contributed by atoms with Gasteiger partial charge in [0.1, 0.15) is 16.5 Å². The number of nitrogens with zero attached hydrogens (tertiary/aromatic N) is 5. The number of hydrogen-bond acceptors (Lipinski definition) is 7. The van der Waals surface area contributed by atoms with Gasteiger partial charge in [0.15, 0.2) is 0 Å². The third kappa shape index (κ3) is 4.27. The first-order valence-electron chi connectivity index (χ1n) is 10.2. The number of fused-ring (bicyclic) bond motifs is 1. The Hall–Kier alpha value is -1.33. The second kappa shape index (κ2) is 8.43. The van der Waals surface area contributed by atoms with Gasteiger partial charge in [-0.3, -0.25) is 0 Å². The maximum Gasteiger partial charge on any atom is 0.282 e. The Morgan fingerprint density at radius 1 is 1.07 bits per heavy atom. The molecule has 2 saturated heterocycles. The summed E-state index contributed by atoms with van der Waals surface area (Å²) < 4.78 is 34.3. The van der Waals surface area contributed by atoms with Crippen molar-refractivity contribution in [2.75, 3.05) is 57.4 Å². The summed E-state index contributed by atoms with van der Waals surface area (Å²) in [6.45, 7) is 10.3. The number of morpholine rings is 1. The van der Waals surface area contributed by atoms with E-state index in [4.69, 9.17) is 9.72 Å². The van der Waals surface area contributed by atoms with Crippen molar-refractivity contribution in [2.24, 2.45) is 5.92 Å². The van der Waals surface area contributed by atoms with Crippen LogP contribution in [0.5, 0.6) is 0 Å². The highest BCUT2D eigenvalue weighted by atomic mass is 32.2. The second-order valence-electron chi connectivity index (χ2n) is 8.04. The second-order valence-corrected chi connectivity index (χ2v) is 10.8. The summed E-state index contributed by atoms with van der Waals surface area (Å²) in [5.74, 6) is 2.26. The molecular formula is C19H29N5O3S2. The number of ether oxygens (including phenoxy) is 1. The van der Waals surface area contributed by atoms with E-state index in [1.165, 1.54) is 5.56 Å². The van der Waals surface area contributed by atoms with Crippen LogP contribution in [0.1, 0.15) is 25.2 Å². The molecule has 2 aliphatic heterocycles. The molecule has 0 N–H and O–H groups in total. The molecule has 0 unspecified atom stereocenters. The standard InChI is InChI=1S/C19H29N5O3S2/c1-14(2)12-16-13-28-19-17(16)18(20-15(3)21-19)22-4-6-23(7-5-22)29(25,26)24-8-10-27-11-9-24/h13-14H,4-12H2,1-3H3. The average molecular weight is 440 g/mol. The Morgan fingerprint density at radius 3 is 2.38 bits per heavy atom. The first kappa shape index (κ1) is 20.9. The predicted octanol–water partition coefficient (Wildman–Crippen LogP) is 1.90. The first-order valence-corrected chi connectivity index (χ1v) is 12.5. The van der Waals surface area contributed by atoms with Crippen molar-refractivity contribution in [3.8, 4) is 0 Å². The van der Waals surface area contributed by atoms with E-state index in [9.17, 15) is 8.42 Å². The third-order valence-electron chi connectivity index (χ3n) is 5.39. The summed E-state index contributed by atoms with van der Waals surface area (Å²) in [5, 5.41) is 3.33. The lowest BCUT2D eigenvalue weighted by atomic mass is 10.0. The SMILES string of the molecule is Cc1nc(N2CCN(S(=O)(=O)N3CCOCC3)CC2)c2c(CC(C)C)csc2n1. The summed E-state index contributed by atoms with van der Waals surface area (Å²) in [6, 6.07) is 0. The van der Waals surface area contributed by atoms with Gasteiger partial charge in [-0.25, -0.2) is 9.97 Å². The van der Waals surface area contributed by atoms with Gasteiger partial charge in [-0.05, 0) is 30.2 Å². The average Bonchev–Trinajstić information content (AvgIpc) is 3.10. The van der Waals surface area contributed by atoms with Crippen molar-refractivity contribution in [3.05, 3.63) is 16.8 Å². The summed E-state index contributed by atoms with van der Waals surface area (Å²) in [6.07, 6.45) is 0.991. The number of anilines is 1. The van der Waals surface area contributed by atoms with E-state index in [-0.39, 0.29) is 0 Å². The van der Waals surface area contributed by atoms with Gasteiger partial charge in [-0.1, -0.05) is 13.8 Å². The molecule has 0 aliphatic carbocycles. The maximum absolute atomic E-state index is 12.9. The summed E-state index contributed by atoms with van der Waals surface area (Å²) >= 11 is 1.67. The Kier molecular flexibility index (Phi) is 6.08. The smallest absolute Gasteiger partial charge is 0.282 e. The van der Waals surface area contributed by atoms with E-state index in [0.29, 0.717) is 58.4 Å². The fourth-order valence-corrected chi connectivity index (χ4v) is 6.53. The Morgan fingerprint density at radius 2 is 1.72 bits per heavy atom. The van der Waals surface area contributed by atoms with Gasteiger partial charge >= 0.3 is 0 Å². The van der Waals surface area contributed by atoms with E-state index in [1.807, 2.05) is 6.92 Å². The highest BCUT2D eigenvalue weighted by Crippen LogP contribution is 2.34. The van der Waals surface area contributed by atoms with Gasteiger partial charge in [0.25, 0.3) is 10.2 Å². The monoisotopic (exact) mass is 439 g/mol. The lowest BCUT2D eigenvalue weighted by Gasteiger charge is -2.38. The van der Waals surface area contributed by atoms with Crippen LogP contribution in [0.15, 0.2) is 5.38 Å². The van der Waals surface area contributed by atoms with Crippen LogP contribution in [0.4, 0.5) is 5.82 Å². The lowest BCUT2D eigenvalue weighted by molar-refractivity contribution is 0.0700. The molecule has 29 heavy (non-hydrogen) atoms. The van der Waals surface area contributed by atoms with Gasteiger partial charge in [0, 0.05) is 39.3 Å². The van der Waals surface area contributed by atoms with Crippen LogP contribution in [0.3, 0.4) is 0 Å². The molecular weight excluding hydrogens is 410 g/mol. The molecule has 0 amide bonds. The van der Waals surface area contributed by atoms with Crippen molar-refractivity contribution in [1.82, 2.24) is 18.6 Å². The van der Waals surface area contributed by atoms with Crippen molar-refractivity contribution in [1.29, 1.82) is 0 Å². The minimum Gasteiger partial charge on any atom is -0.379 e. The first-order chi connectivity index (χ1) is 13.9. The summed E-state index contributed by atoms with van der Waals surface area (Å²) in [7, 11) is -3.43. The van der Waals surface area contributed by atoms with Gasteiger partial charge in [-0.2, -0.15) is 17.0 Å². The van der Waals surface area contributed by atoms with Gasteiger partial charge < -0.3 is 9.64 Å². The summed E-state index contributed by atoms with van der Waals surface area (Å²) in [4.78, 5) is 12.6. The molecule has 2 aromatic heterocycles. The van der Waals surface area contributed by atoms with E-state index < -0.39 is 10.2 Å². The van der Waals surface area contributed by atoms with Gasteiger partial charge in [0.2, 0.25) is 0 Å². The lowest BCUT2D eigenvalue weighted by Crippen LogP contribution is -2.55. The number of aryl methyl sites for hydroxylation is 1. The quantitative estimate of drug-likeness (QED) is 0.708. The zero-order valence-electron chi connectivity index (χ0n) is 17.3. The van der Waals surface area contributed by atoms with Crippen LogP contribution < -0.4 is 4.90 Å². The largest absolute Gasteiger partial charge is 0.379 e. The van der Waals surface area contributed by atoms with E-state index >= 15 is 0 Å². The minimum absolute atomic E-state index is 0.432. The molecule has 0 spiro atoms. The third-order valence-corrected chi connectivity index (χ3v) is 8.35. The molecule has 2 aromatic rings. The topological polar surface area (TPSA) is 78.9 Å². The van der Waals surface area contributed by atoms with Gasteiger partial charge in [-0.15, -0.1) is 11.3 Å². The van der Waals surface area contributed by atoms with E-state index in [0.717, 1.165) is 28.3 Å². The number of hydrogen-bond donors (Lipinski definition) is 0. The van der Waals surface area contributed by atoms with Crippen LogP contribution in [-0.2, 0) is 21.4 Å². The normalized spacial score (nSPS) is 20.1. The molecule has 0 atom stereocenters. The molecule has 2 aliphatic rings. The van der Waals surface area contributed by atoms with Crippen LogP contribution >= 0.6 is 11.3 Å². The van der Waals surface area contributed by atoms with Crippen LogP contribution in [0, 0.1) is 12.8 Å².